The van der Waals surface area contributed by atoms with Crippen LogP contribution in [0.3, 0.4) is 0 Å². The lowest BCUT2D eigenvalue weighted by Gasteiger charge is -2.33. The van der Waals surface area contributed by atoms with E-state index in [9.17, 15) is 4.79 Å². The standard InChI is InChI=1S/C15H24N4O/c1-15(2,3)14(20)18-9-12-5-4-8-19(11-12)13-10-16-6-7-17-13/h6-7,10,12H,4-5,8-9,11H2,1-3H3,(H,18,20). The van der Waals surface area contributed by atoms with Crippen LogP contribution >= 0.6 is 0 Å². The molecule has 20 heavy (non-hydrogen) atoms. The van der Waals surface area contributed by atoms with Gasteiger partial charge in [-0.2, -0.15) is 0 Å². The van der Waals surface area contributed by atoms with Crippen molar-refractivity contribution < 1.29 is 4.79 Å². The second-order valence-corrected chi connectivity index (χ2v) is 6.48. The van der Waals surface area contributed by atoms with Gasteiger partial charge in [0.1, 0.15) is 5.82 Å². The van der Waals surface area contributed by atoms with Gasteiger partial charge < -0.3 is 10.2 Å². The molecule has 0 aliphatic carbocycles. The Morgan fingerprint density at radius 3 is 2.90 bits per heavy atom. The van der Waals surface area contributed by atoms with Gasteiger partial charge in [-0.1, -0.05) is 20.8 Å². The molecule has 1 N–H and O–H groups in total. The van der Waals surface area contributed by atoms with Gasteiger partial charge in [0.15, 0.2) is 0 Å². The maximum atomic E-state index is 11.9. The fraction of sp³-hybridized carbons (Fsp3) is 0.667. The van der Waals surface area contributed by atoms with Crippen LogP contribution in [0.15, 0.2) is 18.6 Å². The summed E-state index contributed by atoms with van der Waals surface area (Å²) in [7, 11) is 0. The number of nitrogens with one attached hydrogen (secondary N) is 1. The molecule has 1 aromatic heterocycles. The number of nitrogens with zero attached hydrogens (tertiary/aromatic N) is 3. The molecule has 110 valence electrons. The Labute approximate surface area is 120 Å². The normalized spacial score (nSPS) is 19.8. The number of rotatable bonds is 3. The molecule has 1 saturated heterocycles. The van der Waals surface area contributed by atoms with Crippen LogP contribution in [0.1, 0.15) is 33.6 Å². The Morgan fingerprint density at radius 1 is 1.45 bits per heavy atom. The van der Waals surface area contributed by atoms with Gasteiger partial charge >= 0.3 is 0 Å². The molecular weight excluding hydrogens is 252 g/mol. The first kappa shape index (κ1) is 14.8. The van der Waals surface area contributed by atoms with Crippen molar-refractivity contribution in [2.24, 2.45) is 11.3 Å². The molecule has 1 aliphatic rings. The maximum Gasteiger partial charge on any atom is 0.225 e. The van der Waals surface area contributed by atoms with Crippen molar-refractivity contribution in [3.63, 3.8) is 0 Å². The summed E-state index contributed by atoms with van der Waals surface area (Å²) in [5, 5.41) is 3.06. The second kappa shape index (κ2) is 6.20. The van der Waals surface area contributed by atoms with E-state index in [2.05, 4.69) is 20.2 Å². The summed E-state index contributed by atoms with van der Waals surface area (Å²) < 4.78 is 0. The molecule has 0 spiro atoms. The minimum absolute atomic E-state index is 0.120. The summed E-state index contributed by atoms with van der Waals surface area (Å²) in [5.74, 6) is 1.53. The van der Waals surface area contributed by atoms with Crippen molar-refractivity contribution in [1.82, 2.24) is 15.3 Å². The number of anilines is 1. The Bertz CT molecular complexity index is 441. The lowest BCUT2D eigenvalue weighted by atomic mass is 9.94. The van der Waals surface area contributed by atoms with Crippen molar-refractivity contribution in [2.45, 2.75) is 33.6 Å². The number of aromatic nitrogens is 2. The van der Waals surface area contributed by atoms with Crippen LogP contribution in [0, 0.1) is 11.3 Å². The molecule has 1 atom stereocenters. The SMILES string of the molecule is CC(C)(C)C(=O)NCC1CCCN(c2cnccn2)C1. The molecule has 1 unspecified atom stereocenters. The molecule has 2 rings (SSSR count). The van der Waals surface area contributed by atoms with Gasteiger partial charge in [0.25, 0.3) is 0 Å². The average molecular weight is 276 g/mol. The summed E-state index contributed by atoms with van der Waals surface area (Å²) in [6.07, 6.45) is 7.50. The minimum atomic E-state index is -0.320. The first-order valence-corrected chi connectivity index (χ1v) is 7.26. The summed E-state index contributed by atoms with van der Waals surface area (Å²) in [6, 6.07) is 0. The van der Waals surface area contributed by atoms with Crippen molar-refractivity contribution in [3.8, 4) is 0 Å². The zero-order chi connectivity index (χ0) is 14.6. The molecule has 0 radical (unpaired) electrons. The topological polar surface area (TPSA) is 58.1 Å². The zero-order valence-electron chi connectivity index (χ0n) is 12.6. The molecule has 0 aromatic carbocycles. The summed E-state index contributed by atoms with van der Waals surface area (Å²) in [6.45, 7) is 8.51. The number of carbonyl (C=O) groups is 1. The second-order valence-electron chi connectivity index (χ2n) is 6.48. The third-order valence-corrected chi connectivity index (χ3v) is 3.63. The highest BCUT2D eigenvalue weighted by Crippen LogP contribution is 2.21. The van der Waals surface area contributed by atoms with E-state index in [4.69, 9.17) is 0 Å². The van der Waals surface area contributed by atoms with Gasteiger partial charge in [0.05, 0.1) is 6.20 Å². The van der Waals surface area contributed by atoms with E-state index in [1.165, 1.54) is 0 Å². The van der Waals surface area contributed by atoms with Gasteiger partial charge in [-0.3, -0.25) is 9.78 Å². The molecule has 0 bridgehead atoms. The van der Waals surface area contributed by atoms with E-state index < -0.39 is 0 Å². The maximum absolute atomic E-state index is 11.9. The predicted molar refractivity (Wildman–Crippen MR) is 79.4 cm³/mol. The quantitative estimate of drug-likeness (QED) is 0.915. The Kier molecular flexibility index (Phi) is 4.57. The number of hydrogen-bond acceptors (Lipinski definition) is 4. The molecule has 1 fully saturated rings. The van der Waals surface area contributed by atoms with Crippen LogP contribution in [-0.4, -0.2) is 35.5 Å². The first-order chi connectivity index (χ1) is 9.47. The smallest absolute Gasteiger partial charge is 0.225 e. The van der Waals surface area contributed by atoms with E-state index in [-0.39, 0.29) is 11.3 Å². The lowest BCUT2D eigenvalue weighted by molar-refractivity contribution is -0.128. The van der Waals surface area contributed by atoms with Crippen molar-refractivity contribution in [1.29, 1.82) is 0 Å². The Balaban J connectivity index is 1.87. The molecule has 5 nitrogen and oxygen atoms in total. The number of amides is 1. The predicted octanol–water partition coefficient (Wildman–Crippen LogP) is 1.86. The zero-order valence-corrected chi connectivity index (χ0v) is 12.6. The van der Waals surface area contributed by atoms with Gasteiger partial charge in [0, 0.05) is 37.4 Å². The molecule has 0 saturated carbocycles. The van der Waals surface area contributed by atoms with Crippen LogP contribution in [0.25, 0.3) is 0 Å². The fourth-order valence-electron chi connectivity index (χ4n) is 2.40. The van der Waals surface area contributed by atoms with Gasteiger partial charge in [-0.15, -0.1) is 0 Å². The summed E-state index contributed by atoms with van der Waals surface area (Å²) >= 11 is 0. The van der Waals surface area contributed by atoms with Crippen LogP contribution in [0.2, 0.25) is 0 Å². The molecule has 1 amide bonds. The molecule has 2 heterocycles. The Hall–Kier alpha value is -1.65. The number of piperidine rings is 1. The highest BCUT2D eigenvalue weighted by atomic mass is 16.2. The number of hydrogen-bond donors (Lipinski definition) is 1. The molecular formula is C15H24N4O. The Morgan fingerprint density at radius 2 is 2.25 bits per heavy atom. The average Bonchev–Trinajstić information content (AvgIpc) is 2.45. The van der Waals surface area contributed by atoms with Crippen LogP contribution < -0.4 is 10.2 Å². The monoisotopic (exact) mass is 276 g/mol. The third kappa shape index (κ3) is 3.92. The van der Waals surface area contributed by atoms with E-state index >= 15 is 0 Å². The molecule has 1 aromatic rings. The van der Waals surface area contributed by atoms with Crippen molar-refractivity contribution in [2.75, 3.05) is 24.5 Å². The van der Waals surface area contributed by atoms with E-state index in [0.29, 0.717) is 5.92 Å². The van der Waals surface area contributed by atoms with Crippen LogP contribution in [-0.2, 0) is 4.79 Å². The van der Waals surface area contributed by atoms with E-state index in [1.54, 1.807) is 18.6 Å². The largest absolute Gasteiger partial charge is 0.355 e. The highest BCUT2D eigenvalue weighted by molar-refractivity contribution is 5.81. The minimum Gasteiger partial charge on any atom is -0.355 e. The molecule has 5 heteroatoms. The molecule has 1 aliphatic heterocycles. The van der Waals surface area contributed by atoms with E-state index in [1.807, 2.05) is 20.8 Å². The first-order valence-electron chi connectivity index (χ1n) is 7.26. The van der Waals surface area contributed by atoms with Gasteiger partial charge in [0.2, 0.25) is 5.91 Å². The van der Waals surface area contributed by atoms with E-state index in [0.717, 1.165) is 38.3 Å². The summed E-state index contributed by atoms with van der Waals surface area (Å²) in [5.41, 5.74) is -0.320. The van der Waals surface area contributed by atoms with Crippen molar-refractivity contribution in [3.05, 3.63) is 18.6 Å². The fourth-order valence-corrected chi connectivity index (χ4v) is 2.40. The van der Waals surface area contributed by atoms with Crippen molar-refractivity contribution >= 4 is 11.7 Å². The van der Waals surface area contributed by atoms with Gasteiger partial charge in [-0.25, -0.2) is 4.98 Å². The van der Waals surface area contributed by atoms with Crippen LogP contribution in [0.5, 0.6) is 0 Å². The highest BCUT2D eigenvalue weighted by Gasteiger charge is 2.24. The lowest BCUT2D eigenvalue weighted by Crippen LogP contribution is -2.43. The van der Waals surface area contributed by atoms with Crippen LogP contribution in [0.4, 0.5) is 5.82 Å². The third-order valence-electron chi connectivity index (χ3n) is 3.63. The van der Waals surface area contributed by atoms with Gasteiger partial charge in [-0.05, 0) is 18.8 Å². The number of carbonyl (C=O) groups excluding carboxylic acids is 1. The summed E-state index contributed by atoms with van der Waals surface area (Å²) in [4.78, 5) is 22.6.